The van der Waals surface area contributed by atoms with Crippen LogP contribution in [0, 0.1) is 0 Å². The first kappa shape index (κ1) is 14.3. The number of likely N-dealkylation sites (N-methyl/N-ethyl adjacent to an activating group) is 1. The van der Waals surface area contributed by atoms with Crippen LogP contribution in [0.3, 0.4) is 0 Å². The van der Waals surface area contributed by atoms with Gasteiger partial charge in [-0.3, -0.25) is 4.79 Å². The maximum absolute atomic E-state index is 11.9. The average Bonchev–Trinajstić information content (AvgIpc) is 2.28. The minimum atomic E-state index is -3.52. The largest absolute Gasteiger partial charge is 0.444 e. The van der Waals surface area contributed by atoms with Crippen LogP contribution in [0.5, 0.6) is 0 Å². The van der Waals surface area contributed by atoms with E-state index in [1.165, 1.54) is 11.9 Å². The van der Waals surface area contributed by atoms with Crippen molar-refractivity contribution in [2.75, 3.05) is 25.9 Å². The van der Waals surface area contributed by atoms with Crippen molar-refractivity contribution >= 4 is 21.9 Å². The van der Waals surface area contributed by atoms with Gasteiger partial charge in [0.1, 0.15) is 16.9 Å². The Bertz CT molecular complexity index is 528. The van der Waals surface area contributed by atoms with Gasteiger partial charge in [0.05, 0.1) is 13.1 Å². The van der Waals surface area contributed by atoms with Gasteiger partial charge in [-0.2, -0.15) is 4.31 Å². The summed E-state index contributed by atoms with van der Waals surface area (Å²) in [6.45, 7) is 5.38. The lowest BCUT2D eigenvalue weighted by molar-refractivity contribution is -0.131. The molecular formula is C11H18N2O5S. The Morgan fingerprint density at radius 2 is 1.84 bits per heavy atom. The number of nitrogens with zero attached hydrogens (tertiary/aromatic N) is 2. The molecule has 2 aliphatic heterocycles. The number of rotatable bonds is 0. The predicted octanol–water partition coefficient (Wildman–Crippen LogP) is -0.180. The van der Waals surface area contributed by atoms with E-state index in [1.807, 2.05) is 0 Å². The first-order valence-corrected chi connectivity index (χ1v) is 7.57. The zero-order valence-corrected chi connectivity index (χ0v) is 12.3. The van der Waals surface area contributed by atoms with Crippen LogP contribution in [-0.2, 0) is 19.6 Å². The fourth-order valence-corrected chi connectivity index (χ4v) is 3.80. The molecule has 7 nitrogen and oxygen atoms in total. The highest BCUT2D eigenvalue weighted by molar-refractivity contribution is 7.90. The van der Waals surface area contributed by atoms with Gasteiger partial charge in [-0.15, -0.1) is 0 Å². The molecule has 1 spiro atoms. The molecule has 0 unspecified atom stereocenters. The number of hydrogen-bond donors (Lipinski definition) is 0. The third kappa shape index (κ3) is 2.23. The summed E-state index contributed by atoms with van der Waals surface area (Å²) in [5.41, 5.74) is -1.69. The Hall–Kier alpha value is -1.15. The molecule has 2 rings (SSSR count). The van der Waals surface area contributed by atoms with E-state index in [9.17, 15) is 18.0 Å². The van der Waals surface area contributed by atoms with Crippen LogP contribution < -0.4 is 0 Å². The molecule has 0 bridgehead atoms. The van der Waals surface area contributed by atoms with E-state index < -0.39 is 33.0 Å². The van der Waals surface area contributed by atoms with Gasteiger partial charge in [-0.1, -0.05) is 0 Å². The molecule has 19 heavy (non-hydrogen) atoms. The van der Waals surface area contributed by atoms with Crippen LogP contribution in [0.25, 0.3) is 0 Å². The van der Waals surface area contributed by atoms with Crippen molar-refractivity contribution in [2.45, 2.75) is 31.9 Å². The Morgan fingerprint density at radius 3 is 2.21 bits per heavy atom. The lowest BCUT2D eigenvalue weighted by Crippen LogP contribution is -2.71. The zero-order chi connectivity index (χ0) is 14.6. The minimum absolute atomic E-state index is 0.0659. The second kappa shape index (κ2) is 3.92. The summed E-state index contributed by atoms with van der Waals surface area (Å²) in [4.78, 5) is 25.0. The molecule has 1 amide bonds. The van der Waals surface area contributed by atoms with Crippen molar-refractivity contribution in [3.8, 4) is 0 Å². The number of sulfonamides is 1. The molecule has 2 heterocycles. The van der Waals surface area contributed by atoms with E-state index in [-0.39, 0.29) is 18.9 Å². The van der Waals surface area contributed by atoms with Gasteiger partial charge in [0.25, 0.3) is 0 Å². The molecular weight excluding hydrogens is 272 g/mol. The summed E-state index contributed by atoms with van der Waals surface area (Å²) in [5.74, 6) is -0.833. The molecule has 0 N–H and O–H groups in total. The monoisotopic (exact) mass is 290 g/mol. The predicted molar refractivity (Wildman–Crippen MR) is 67.1 cm³/mol. The topological polar surface area (TPSA) is 84.0 Å². The summed E-state index contributed by atoms with van der Waals surface area (Å²) < 4.78 is 29.6. The van der Waals surface area contributed by atoms with Crippen molar-refractivity contribution in [1.29, 1.82) is 0 Å². The molecule has 0 aliphatic carbocycles. The number of carbonyl (C=O) groups is 2. The normalized spacial score (nSPS) is 25.5. The van der Waals surface area contributed by atoms with Gasteiger partial charge in [0, 0.05) is 7.05 Å². The SMILES string of the molecule is CN1C2(CN(C(=O)OC(C)(C)C)C2)C(=O)CS1(=O)=O. The average molecular weight is 290 g/mol. The molecule has 2 fully saturated rings. The smallest absolute Gasteiger partial charge is 0.410 e. The Balaban J connectivity index is 2.07. The van der Waals surface area contributed by atoms with Gasteiger partial charge in [0.15, 0.2) is 5.78 Å². The molecule has 8 heteroatoms. The summed E-state index contributed by atoms with van der Waals surface area (Å²) >= 11 is 0. The molecule has 0 aromatic rings. The van der Waals surface area contributed by atoms with Crippen LogP contribution in [0.1, 0.15) is 20.8 Å². The van der Waals surface area contributed by atoms with Crippen LogP contribution in [-0.4, -0.2) is 66.5 Å². The van der Waals surface area contributed by atoms with Gasteiger partial charge >= 0.3 is 6.09 Å². The van der Waals surface area contributed by atoms with Crippen LogP contribution in [0.15, 0.2) is 0 Å². The fraction of sp³-hybridized carbons (Fsp3) is 0.818. The van der Waals surface area contributed by atoms with Crippen molar-refractivity contribution in [2.24, 2.45) is 0 Å². The molecule has 2 saturated heterocycles. The second-order valence-corrected chi connectivity index (χ2v) is 8.02. The Labute approximate surface area is 112 Å². The zero-order valence-electron chi connectivity index (χ0n) is 11.5. The number of hydrogen-bond acceptors (Lipinski definition) is 5. The van der Waals surface area contributed by atoms with E-state index in [2.05, 4.69) is 0 Å². The van der Waals surface area contributed by atoms with E-state index in [0.717, 1.165) is 4.31 Å². The van der Waals surface area contributed by atoms with Gasteiger partial charge in [0.2, 0.25) is 10.0 Å². The number of likely N-dealkylation sites (tertiary alicyclic amines) is 1. The Morgan fingerprint density at radius 1 is 1.32 bits per heavy atom. The second-order valence-electron chi connectivity index (χ2n) is 6.01. The van der Waals surface area contributed by atoms with Crippen LogP contribution in [0.2, 0.25) is 0 Å². The minimum Gasteiger partial charge on any atom is -0.444 e. The highest BCUT2D eigenvalue weighted by Gasteiger charge is 2.62. The summed E-state index contributed by atoms with van der Waals surface area (Å²) in [5, 5.41) is 0. The summed E-state index contributed by atoms with van der Waals surface area (Å²) in [6, 6.07) is 0. The lowest BCUT2D eigenvalue weighted by atomic mass is 9.86. The molecule has 0 atom stereocenters. The van der Waals surface area contributed by atoms with Gasteiger partial charge in [-0.05, 0) is 20.8 Å². The molecule has 0 aromatic carbocycles. The number of amides is 1. The van der Waals surface area contributed by atoms with Crippen molar-refractivity contribution in [1.82, 2.24) is 9.21 Å². The fourth-order valence-electron chi connectivity index (χ4n) is 2.25. The molecule has 108 valence electrons. The van der Waals surface area contributed by atoms with Crippen molar-refractivity contribution in [3.63, 3.8) is 0 Å². The molecule has 0 saturated carbocycles. The highest BCUT2D eigenvalue weighted by Crippen LogP contribution is 2.36. The van der Waals surface area contributed by atoms with Crippen LogP contribution in [0.4, 0.5) is 4.79 Å². The van der Waals surface area contributed by atoms with Gasteiger partial charge < -0.3 is 9.64 Å². The first-order valence-electron chi connectivity index (χ1n) is 5.96. The third-order valence-corrected chi connectivity index (χ3v) is 5.22. The lowest BCUT2D eigenvalue weighted by Gasteiger charge is -2.48. The molecule has 0 aromatic heterocycles. The number of ether oxygens (including phenoxy) is 1. The third-order valence-electron chi connectivity index (χ3n) is 3.41. The van der Waals surface area contributed by atoms with E-state index in [1.54, 1.807) is 20.8 Å². The maximum atomic E-state index is 11.9. The van der Waals surface area contributed by atoms with Gasteiger partial charge in [-0.25, -0.2) is 13.2 Å². The van der Waals surface area contributed by atoms with Crippen molar-refractivity contribution < 1.29 is 22.7 Å². The van der Waals surface area contributed by atoms with Crippen LogP contribution >= 0.6 is 0 Å². The summed E-state index contributed by atoms with van der Waals surface area (Å²) in [7, 11) is -2.14. The standard InChI is InChI=1S/C11H18N2O5S/c1-10(2,3)18-9(15)13-6-11(7-13)8(14)5-19(16,17)12(11)4/h5-7H2,1-4H3. The van der Waals surface area contributed by atoms with E-state index in [0.29, 0.717) is 0 Å². The van der Waals surface area contributed by atoms with E-state index in [4.69, 9.17) is 4.74 Å². The highest BCUT2D eigenvalue weighted by atomic mass is 32.2. The first-order chi connectivity index (χ1) is 8.48. The Kier molecular flexibility index (Phi) is 2.94. The summed E-state index contributed by atoms with van der Waals surface area (Å²) in [6.07, 6.45) is -0.524. The van der Waals surface area contributed by atoms with Crippen molar-refractivity contribution in [3.05, 3.63) is 0 Å². The number of carbonyl (C=O) groups excluding carboxylic acids is 2. The van der Waals surface area contributed by atoms with E-state index >= 15 is 0 Å². The molecule has 2 aliphatic rings. The molecule has 0 radical (unpaired) electrons. The maximum Gasteiger partial charge on any atom is 0.410 e. The number of Topliss-reactive ketones (excluding diaryl/α,β-unsaturated/α-hetero) is 1. The quantitative estimate of drug-likeness (QED) is 0.618. The number of ketones is 1.